The van der Waals surface area contributed by atoms with Gasteiger partial charge in [0.2, 0.25) is 0 Å². The normalized spacial score (nSPS) is 13.0. The number of carbonyl (C=O) groups is 1. The molecule has 0 spiro atoms. The lowest BCUT2D eigenvalue weighted by molar-refractivity contribution is -0.112. The van der Waals surface area contributed by atoms with Gasteiger partial charge in [0.1, 0.15) is 6.29 Å². The van der Waals surface area contributed by atoms with Gasteiger partial charge in [-0.3, -0.25) is 0 Å². The maximum atomic E-state index is 10.3. The average Bonchev–Trinajstić information content (AvgIpc) is 1.98. The minimum absolute atomic E-state index is 0.116. The predicted molar refractivity (Wildman–Crippen MR) is 41.0 cm³/mol. The summed E-state index contributed by atoms with van der Waals surface area (Å²) in [5.74, 6) is 0.116. The quantitative estimate of drug-likeness (QED) is 0.530. The van der Waals surface area contributed by atoms with E-state index in [1.54, 1.807) is 7.11 Å². The van der Waals surface area contributed by atoms with Gasteiger partial charge in [-0.15, -0.1) is 0 Å². The van der Waals surface area contributed by atoms with Crippen LogP contribution in [0.3, 0.4) is 0 Å². The molecule has 0 aromatic heterocycles. The molecule has 60 valence electrons. The second-order valence-corrected chi connectivity index (χ2v) is 2.49. The van der Waals surface area contributed by atoms with Gasteiger partial charge in [0, 0.05) is 13.0 Å². The summed E-state index contributed by atoms with van der Waals surface area (Å²) in [5.41, 5.74) is 0. The van der Waals surface area contributed by atoms with Crippen LogP contribution in [-0.2, 0) is 9.53 Å². The molecule has 1 atom stereocenters. The van der Waals surface area contributed by atoms with Crippen molar-refractivity contribution >= 4 is 6.29 Å². The lowest BCUT2D eigenvalue weighted by Gasteiger charge is -2.06. The highest BCUT2D eigenvalue weighted by atomic mass is 16.5. The van der Waals surface area contributed by atoms with Crippen LogP contribution >= 0.6 is 0 Å². The molecule has 2 nitrogen and oxygen atoms in total. The zero-order valence-electron chi connectivity index (χ0n) is 6.80. The van der Waals surface area contributed by atoms with Gasteiger partial charge in [0.25, 0.3) is 0 Å². The lowest BCUT2D eigenvalue weighted by atomic mass is 10.1. The van der Waals surface area contributed by atoms with E-state index in [0.717, 1.165) is 25.5 Å². The second kappa shape index (κ2) is 6.75. The first-order chi connectivity index (χ1) is 4.85. The summed E-state index contributed by atoms with van der Waals surface area (Å²) < 4.78 is 4.86. The van der Waals surface area contributed by atoms with Gasteiger partial charge in [-0.25, -0.2) is 0 Å². The summed E-state index contributed by atoms with van der Waals surface area (Å²) in [6.07, 6.45) is 4.22. The topological polar surface area (TPSA) is 26.3 Å². The fourth-order valence-corrected chi connectivity index (χ4v) is 0.871. The van der Waals surface area contributed by atoms with Crippen LogP contribution in [-0.4, -0.2) is 20.0 Å². The van der Waals surface area contributed by atoms with Crippen LogP contribution < -0.4 is 0 Å². The van der Waals surface area contributed by atoms with E-state index in [-0.39, 0.29) is 5.92 Å². The molecule has 0 aliphatic carbocycles. The standard InChI is InChI=1S/C8H16O2/c1-3-4-5-8(6-9)7-10-2/h6,8H,3-5,7H2,1-2H3. The Morgan fingerprint density at radius 3 is 2.70 bits per heavy atom. The summed E-state index contributed by atoms with van der Waals surface area (Å²) >= 11 is 0. The number of unbranched alkanes of at least 4 members (excludes halogenated alkanes) is 1. The molecular weight excluding hydrogens is 128 g/mol. The van der Waals surface area contributed by atoms with Crippen LogP contribution in [0.5, 0.6) is 0 Å². The molecule has 0 aromatic rings. The van der Waals surface area contributed by atoms with Crippen molar-refractivity contribution in [3.63, 3.8) is 0 Å². The van der Waals surface area contributed by atoms with Crippen LogP contribution in [0, 0.1) is 5.92 Å². The highest BCUT2D eigenvalue weighted by molar-refractivity contribution is 5.53. The molecule has 1 unspecified atom stereocenters. The molecule has 0 radical (unpaired) electrons. The number of carbonyl (C=O) groups excluding carboxylic acids is 1. The fraction of sp³-hybridized carbons (Fsp3) is 0.875. The summed E-state index contributed by atoms with van der Waals surface area (Å²) in [7, 11) is 1.63. The number of ether oxygens (including phenoxy) is 1. The van der Waals surface area contributed by atoms with E-state index in [1.807, 2.05) is 0 Å². The molecule has 0 heterocycles. The Kier molecular flexibility index (Phi) is 6.50. The average molecular weight is 144 g/mol. The van der Waals surface area contributed by atoms with E-state index in [0.29, 0.717) is 6.61 Å². The monoisotopic (exact) mass is 144 g/mol. The van der Waals surface area contributed by atoms with Gasteiger partial charge in [-0.1, -0.05) is 19.8 Å². The van der Waals surface area contributed by atoms with E-state index in [4.69, 9.17) is 4.74 Å². The molecule has 10 heavy (non-hydrogen) atoms. The molecule has 0 bridgehead atoms. The first kappa shape index (κ1) is 9.63. The van der Waals surface area contributed by atoms with Gasteiger partial charge >= 0.3 is 0 Å². The Morgan fingerprint density at radius 2 is 2.30 bits per heavy atom. The second-order valence-electron chi connectivity index (χ2n) is 2.49. The molecule has 0 amide bonds. The highest BCUT2D eigenvalue weighted by Crippen LogP contribution is 2.05. The minimum atomic E-state index is 0.116. The van der Waals surface area contributed by atoms with Gasteiger partial charge in [0.05, 0.1) is 6.61 Å². The number of rotatable bonds is 6. The zero-order chi connectivity index (χ0) is 7.82. The molecule has 0 saturated carbocycles. The molecule has 0 saturated heterocycles. The molecule has 0 fully saturated rings. The predicted octanol–water partition coefficient (Wildman–Crippen LogP) is 1.64. The third kappa shape index (κ3) is 4.50. The van der Waals surface area contributed by atoms with Crippen molar-refractivity contribution in [3.05, 3.63) is 0 Å². The Bertz CT molecular complexity index is 81.3. The molecule has 0 aliphatic heterocycles. The Hall–Kier alpha value is -0.370. The van der Waals surface area contributed by atoms with Crippen LogP contribution in [0.2, 0.25) is 0 Å². The maximum Gasteiger partial charge on any atom is 0.125 e. The first-order valence-corrected chi connectivity index (χ1v) is 3.79. The van der Waals surface area contributed by atoms with E-state index >= 15 is 0 Å². The Balaban J connectivity index is 3.29. The van der Waals surface area contributed by atoms with Crippen molar-refractivity contribution in [2.45, 2.75) is 26.2 Å². The molecular formula is C8H16O2. The van der Waals surface area contributed by atoms with Crippen LogP contribution in [0.15, 0.2) is 0 Å². The van der Waals surface area contributed by atoms with Crippen molar-refractivity contribution in [2.75, 3.05) is 13.7 Å². The van der Waals surface area contributed by atoms with Crippen molar-refractivity contribution in [2.24, 2.45) is 5.92 Å². The Morgan fingerprint density at radius 1 is 1.60 bits per heavy atom. The molecule has 0 aliphatic rings. The van der Waals surface area contributed by atoms with E-state index in [2.05, 4.69) is 6.92 Å². The Labute approximate surface area is 62.6 Å². The zero-order valence-corrected chi connectivity index (χ0v) is 6.80. The molecule has 0 aromatic carbocycles. The van der Waals surface area contributed by atoms with E-state index < -0.39 is 0 Å². The van der Waals surface area contributed by atoms with Gasteiger partial charge < -0.3 is 9.53 Å². The summed E-state index contributed by atoms with van der Waals surface area (Å²) in [4.78, 5) is 10.3. The highest BCUT2D eigenvalue weighted by Gasteiger charge is 2.04. The number of hydrogen-bond donors (Lipinski definition) is 0. The smallest absolute Gasteiger partial charge is 0.125 e. The lowest BCUT2D eigenvalue weighted by Crippen LogP contribution is -2.08. The number of methoxy groups -OCH3 is 1. The third-order valence-corrected chi connectivity index (χ3v) is 1.50. The maximum absolute atomic E-state index is 10.3. The number of aldehydes is 1. The number of hydrogen-bond acceptors (Lipinski definition) is 2. The van der Waals surface area contributed by atoms with Crippen molar-refractivity contribution < 1.29 is 9.53 Å². The van der Waals surface area contributed by atoms with Gasteiger partial charge in [0.15, 0.2) is 0 Å². The van der Waals surface area contributed by atoms with E-state index in [1.165, 1.54) is 0 Å². The largest absolute Gasteiger partial charge is 0.384 e. The van der Waals surface area contributed by atoms with Crippen molar-refractivity contribution in [1.29, 1.82) is 0 Å². The van der Waals surface area contributed by atoms with Crippen LogP contribution in [0.4, 0.5) is 0 Å². The molecule has 0 rings (SSSR count). The third-order valence-electron chi connectivity index (χ3n) is 1.50. The summed E-state index contributed by atoms with van der Waals surface area (Å²) in [5, 5.41) is 0. The van der Waals surface area contributed by atoms with Crippen molar-refractivity contribution in [3.8, 4) is 0 Å². The van der Waals surface area contributed by atoms with Crippen LogP contribution in [0.1, 0.15) is 26.2 Å². The summed E-state index contributed by atoms with van der Waals surface area (Å²) in [6, 6.07) is 0. The van der Waals surface area contributed by atoms with Gasteiger partial charge in [-0.2, -0.15) is 0 Å². The molecule has 0 N–H and O–H groups in total. The SMILES string of the molecule is CCCCC(C=O)COC. The first-order valence-electron chi connectivity index (χ1n) is 3.79. The summed E-state index contributed by atoms with van der Waals surface area (Å²) in [6.45, 7) is 2.69. The fourth-order valence-electron chi connectivity index (χ4n) is 0.871. The molecule has 2 heteroatoms. The van der Waals surface area contributed by atoms with Crippen LogP contribution in [0.25, 0.3) is 0 Å². The van der Waals surface area contributed by atoms with Gasteiger partial charge in [-0.05, 0) is 6.42 Å². The minimum Gasteiger partial charge on any atom is -0.384 e. The van der Waals surface area contributed by atoms with Crippen molar-refractivity contribution in [1.82, 2.24) is 0 Å². The van der Waals surface area contributed by atoms with E-state index in [9.17, 15) is 4.79 Å².